The Labute approximate surface area is 283 Å². The van der Waals surface area contributed by atoms with Crippen molar-refractivity contribution in [3.05, 3.63) is 134 Å². The van der Waals surface area contributed by atoms with Gasteiger partial charge in [0.05, 0.1) is 21.5 Å². The van der Waals surface area contributed by atoms with Gasteiger partial charge >= 0.3 is 6.18 Å². The molecular weight excluding hydrogens is 714 g/mol. The van der Waals surface area contributed by atoms with Crippen LogP contribution in [0, 0.1) is 23.4 Å². The summed E-state index contributed by atoms with van der Waals surface area (Å²) in [5.41, 5.74) is -1.94. The predicted molar refractivity (Wildman–Crippen MR) is 166 cm³/mol. The lowest BCUT2D eigenvalue weighted by molar-refractivity contribution is -0.137. The number of hydrogen-bond acceptors (Lipinski definition) is 3. The number of ketones is 2. The second-order valence-corrected chi connectivity index (χ2v) is 13.0. The summed E-state index contributed by atoms with van der Waals surface area (Å²) in [6.07, 6.45) is -6.05. The maximum atomic E-state index is 15.4. The molecule has 4 nitrogen and oxygen atoms in total. The number of carbonyl (C=O) groups is 3. The summed E-state index contributed by atoms with van der Waals surface area (Å²) in [6.45, 7) is 0. The second kappa shape index (κ2) is 13.1. The molecule has 4 aromatic rings. The molecule has 0 aliphatic heterocycles. The van der Waals surface area contributed by atoms with Crippen molar-refractivity contribution >= 4 is 69.6 Å². The van der Waals surface area contributed by atoms with E-state index in [1.807, 2.05) is 0 Å². The molecule has 2 atom stereocenters. The molecule has 1 saturated carbocycles. The average Bonchev–Trinajstić information content (AvgIpc) is 3.59. The van der Waals surface area contributed by atoms with Gasteiger partial charge in [-0.25, -0.2) is 13.2 Å². The molecule has 0 spiro atoms. The Kier molecular flexibility index (Phi) is 9.72. The van der Waals surface area contributed by atoms with Gasteiger partial charge in [-0.05, 0) is 71.8 Å². The van der Waals surface area contributed by atoms with E-state index in [-0.39, 0.29) is 33.0 Å². The van der Waals surface area contributed by atoms with E-state index in [1.165, 1.54) is 36.4 Å². The van der Waals surface area contributed by atoms with Gasteiger partial charge in [-0.2, -0.15) is 13.2 Å². The molecule has 244 valence electrons. The van der Waals surface area contributed by atoms with Gasteiger partial charge in [0.2, 0.25) is 5.91 Å². The van der Waals surface area contributed by atoms with Crippen molar-refractivity contribution < 1.29 is 40.7 Å². The van der Waals surface area contributed by atoms with Crippen molar-refractivity contribution in [3.8, 4) is 0 Å². The van der Waals surface area contributed by atoms with E-state index in [1.54, 1.807) is 0 Å². The summed E-state index contributed by atoms with van der Waals surface area (Å²) in [5.74, 6) is -7.07. The van der Waals surface area contributed by atoms with Crippen LogP contribution in [-0.4, -0.2) is 21.8 Å². The molecule has 0 radical (unpaired) electrons. The zero-order valence-corrected chi connectivity index (χ0v) is 26.5. The summed E-state index contributed by atoms with van der Waals surface area (Å²) in [7, 11) is 0. The van der Waals surface area contributed by atoms with Crippen LogP contribution in [0.4, 0.5) is 32.0 Å². The third-order valence-corrected chi connectivity index (χ3v) is 9.25. The molecule has 1 N–H and O–H groups in total. The molecule has 1 fully saturated rings. The van der Waals surface area contributed by atoms with E-state index in [2.05, 4.69) is 5.32 Å². The molecule has 14 heteroatoms. The molecule has 4 aromatic carbocycles. The number of carbonyl (C=O) groups excluding carboxylic acids is 3. The Balaban J connectivity index is 1.32. The minimum Gasteiger partial charge on any atom is -0.326 e. The summed E-state index contributed by atoms with van der Waals surface area (Å²) >= 11 is 24.5. The highest BCUT2D eigenvalue weighted by Gasteiger charge is 2.67. The highest BCUT2D eigenvalue weighted by atomic mass is 35.5. The maximum Gasteiger partial charge on any atom is 0.417 e. The van der Waals surface area contributed by atoms with Gasteiger partial charge in [0, 0.05) is 41.1 Å². The molecule has 47 heavy (non-hydrogen) atoms. The molecule has 0 bridgehead atoms. The summed E-state index contributed by atoms with van der Waals surface area (Å²) < 4.78 is 81.5. The molecule has 0 unspecified atom stereocenters. The van der Waals surface area contributed by atoms with Crippen LogP contribution in [0.2, 0.25) is 10.0 Å². The van der Waals surface area contributed by atoms with E-state index in [0.717, 1.165) is 36.4 Å². The number of halogens is 10. The first-order valence-corrected chi connectivity index (χ1v) is 15.1. The van der Waals surface area contributed by atoms with Crippen molar-refractivity contribution in [2.24, 2.45) is 5.92 Å². The van der Waals surface area contributed by atoms with Gasteiger partial charge in [0.15, 0.2) is 11.6 Å². The summed E-state index contributed by atoms with van der Waals surface area (Å²) in [4.78, 5) is 38.9. The van der Waals surface area contributed by atoms with E-state index in [0.29, 0.717) is 0 Å². The lowest BCUT2D eigenvalue weighted by Gasteiger charge is -2.12. The van der Waals surface area contributed by atoms with Crippen molar-refractivity contribution in [2.75, 3.05) is 5.32 Å². The highest BCUT2D eigenvalue weighted by molar-refractivity contribution is 6.53. The fraction of sp³-hybridized carbons (Fsp3) is 0.182. The number of Topliss-reactive ketones (excluding diaryl/α,β-unsaturated/α-hetero) is 2. The van der Waals surface area contributed by atoms with Gasteiger partial charge in [0.1, 0.15) is 21.8 Å². The van der Waals surface area contributed by atoms with Crippen molar-refractivity contribution in [1.29, 1.82) is 0 Å². The Hall–Kier alpha value is -3.57. The average molecular weight is 733 g/mol. The quantitative estimate of drug-likeness (QED) is 0.106. The van der Waals surface area contributed by atoms with Crippen LogP contribution in [0.1, 0.15) is 48.9 Å². The Morgan fingerprint density at radius 2 is 1.45 bits per heavy atom. The zero-order valence-electron chi connectivity index (χ0n) is 23.5. The van der Waals surface area contributed by atoms with E-state index >= 15 is 4.39 Å². The number of nitrogens with one attached hydrogen (secondary N) is 1. The van der Waals surface area contributed by atoms with E-state index in [9.17, 15) is 36.3 Å². The molecular formula is C33H19Cl4F6NO3. The van der Waals surface area contributed by atoms with Crippen molar-refractivity contribution in [1.82, 2.24) is 0 Å². The number of anilines is 1. The molecule has 1 aliphatic rings. The smallest absolute Gasteiger partial charge is 0.326 e. The van der Waals surface area contributed by atoms with Crippen LogP contribution in [-0.2, 0) is 23.8 Å². The predicted octanol–water partition coefficient (Wildman–Crippen LogP) is 9.81. The van der Waals surface area contributed by atoms with Gasteiger partial charge in [-0.3, -0.25) is 14.4 Å². The second-order valence-electron chi connectivity index (χ2n) is 10.8. The fourth-order valence-corrected chi connectivity index (χ4v) is 6.45. The molecule has 1 aliphatic carbocycles. The fourth-order valence-electron chi connectivity index (χ4n) is 5.17. The highest BCUT2D eigenvalue weighted by Crippen LogP contribution is 2.65. The molecule has 0 heterocycles. The molecule has 5 rings (SSSR count). The minimum atomic E-state index is -4.76. The third kappa shape index (κ3) is 7.31. The van der Waals surface area contributed by atoms with E-state index in [4.69, 9.17) is 46.4 Å². The number of rotatable bonds is 9. The number of amides is 1. The van der Waals surface area contributed by atoms with Crippen LogP contribution >= 0.6 is 46.4 Å². The van der Waals surface area contributed by atoms with Gasteiger partial charge in [0.25, 0.3) is 0 Å². The number of alkyl halides is 5. The SMILES string of the molecule is O=C(Cc1c(F)ccc(CC(=O)c2cc(NC(=O)[C@H]3[C@H](c4ccc(Cl)c(C(F)(F)F)c4)C3(Cl)Cl)ccc2Cl)c1F)c1ccc(F)cc1. The third-order valence-electron chi connectivity index (χ3n) is 7.65. The van der Waals surface area contributed by atoms with Crippen LogP contribution < -0.4 is 5.32 Å². The van der Waals surface area contributed by atoms with Crippen LogP contribution in [0.3, 0.4) is 0 Å². The lowest BCUT2D eigenvalue weighted by atomic mass is 9.96. The Bertz CT molecular complexity index is 1910. The largest absolute Gasteiger partial charge is 0.417 e. The molecule has 1 amide bonds. The summed E-state index contributed by atoms with van der Waals surface area (Å²) in [5, 5.41) is 1.92. The Morgan fingerprint density at radius 3 is 2.11 bits per heavy atom. The zero-order chi connectivity index (χ0) is 34.4. The van der Waals surface area contributed by atoms with E-state index < -0.39 is 86.3 Å². The van der Waals surface area contributed by atoms with Crippen LogP contribution in [0.25, 0.3) is 0 Å². The topological polar surface area (TPSA) is 63.2 Å². The monoisotopic (exact) mass is 731 g/mol. The maximum absolute atomic E-state index is 15.4. The van der Waals surface area contributed by atoms with Crippen LogP contribution in [0.5, 0.6) is 0 Å². The Morgan fingerprint density at radius 1 is 0.787 bits per heavy atom. The minimum absolute atomic E-state index is 0.0367. The number of benzene rings is 4. The first-order chi connectivity index (χ1) is 22.0. The van der Waals surface area contributed by atoms with Crippen molar-refractivity contribution in [3.63, 3.8) is 0 Å². The normalized spacial score (nSPS) is 16.9. The van der Waals surface area contributed by atoms with Crippen LogP contribution in [0.15, 0.2) is 72.8 Å². The molecule has 0 saturated heterocycles. The standard InChI is InChI=1S/C33H19Cl4F6NO3/c34-23-9-7-19(44-31(47)29-28(32(29,36)37)16-3-8-24(35)22(11-16)33(41,42)43)13-20(23)27(46)12-17-4-10-25(39)21(30(17)40)14-26(45)15-1-5-18(38)6-2-15/h1-11,13,28-29H,12,14H2,(H,44,47)/t28-,29+/m0/s1. The van der Waals surface area contributed by atoms with Gasteiger partial charge in [-0.15, -0.1) is 23.2 Å². The van der Waals surface area contributed by atoms with Crippen molar-refractivity contribution in [2.45, 2.75) is 29.3 Å². The summed E-state index contributed by atoms with van der Waals surface area (Å²) in [6, 6.07) is 13.3. The first-order valence-electron chi connectivity index (χ1n) is 13.6. The van der Waals surface area contributed by atoms with Gasteiger partial charge < -0.3 is 5.32 Å². The first kappa shape index (κ1) is 34.8. The number of hydrogen-bond donors (Lipinski definition) is 1. The van der Waals surface area contributed by atoms with Gasteiger partial charge in [-0.1, -0.05) is 35.3 Å². The lowest BCUT2D eigenvalue weighted by Crippen LogP contribution is -2.17. The molecule has 0 aromatic heterocycles.